The Hall–Kier alpha value is 0. The van der Waals surface area contributed by atoms with Crippen LogP contribution in [0.15, 0.2) is 0 Å². The third-order valence-corrected chi connectivity index (χ3v) is 4.10. The highest BCUT2D eigenvalue weighted by molar-refractivity contribution is 4.83. The minimum atomic E-state index is 0.868. The molecule has 1 saturated carbocycles. The van der Waals surface area contributed by atoms with E-state index in [9.17, 15) is 0 Å². The van der Waals surface area contributed by atoms with Gasteiger partial charge >= 0.3 is 0 Å². The van der Waals surface area contributed by atoms with Gasteiger partial charge in [-0.1, -0.05) is 41.0 Å². The van der Waals surface area contributed by atoms with Crippen LogP contribution in [0.1, 0.15) is 53.9 Å². The molecular formula is C13H26. The average molecular weight is 182 g/mol. The van der Waals surface area contributed by atoms with E-state index in [2.05, 4.69) is 34.6 Å². The van der Waals surface area contributed by atoms with Gasteiger partial charge in [0.15, 0.2) is 0 Å². The predicted octanol–water partition coefficient (Wildman–Crippen LogP) is 4.35. The molecule has 13 heavy (non-hydrogen) atoms. The highest BCUT2D eigenvalue weighted by Crippen LogP contribution is 2.43. The second kappa shape index (κ2) is 4.48. The molecule has 0 aromatic rings. The summed E-state index contributed by atoms with van der Waals surface area (Å²) in [5.74, 6) is 4.78. The van der Waals surface area contributed by atoms with E-state index in [1.54, 1.807) is 0 Å². The van der Waals surface area contributed by atoms with Crippen LogP contribution < -0.4 is 0 Å². The minimum Gasteiger partial charge on any atom is -0.0628 e. The largest absolute Gasteiger partial charge is 0.0628 e. The molecule has 0 amide bonds. The van der Waals surface area contributed by atoms with E-state index in [1.807, 2.05) is 0 Å². The number of hydrogen-bond donors (Lipinski definition) is 0. The van der Waals surface area contributed by atoms with Crippen LogP contribution in [-0.4, -0.2) is 0 Å². The Morgan fingerprint density at radius 3 is 2.00 bits per heavy atom. The molecule has 0 heterocycles. The molecule has 78 valence electrons. The summed E-state index contributed by atoms with van der Waals surface area (Å²) in [6.07, 6.45) is 4.37. The first-order valence-electron chi connectivity index (χ1n) is 6.02. The molecule has 1 fully saturated rings. The van der Waals surface area contributed by atoms with Gasteiger partial charge in [-0.25, -0.2) is 0 Å². The Kier molecular flexibility index (Phi) is 3.82. The lowest BCUT2D eigenvalue weighted by molar-refractivity contribution is 0.0873. The summed E-state index contributed by atoms with van der Waals surface area (Å²) < 4.78 is 0. The van der Waals surface area contributed by atoms with E-state index in [0.29, 0.717) is 0 Å². The smallest absolute Gasteiger partial charge is 0.0360 e. The zero-order valence-corrected chi connectivity index (χ0v) is 10.0. The normalized spacial score (nSPS) is 32.8. The van der Waals surface area contributed by atoms with Gasteiger partial charge in [0, 0.05) is 0 Å². The van der Waals surface area contributed by atoms with E-state index in [-0.39, 0.29) is 0 Å². The van der Waals surface area contributed by atoms with E-state index in [4.69, 9.17) is 0 Å². The fraction of sp³-hybridized carbons (Fsp3) is 1.00. The van der Waals surface area contributed by atoms with Gasteiger partial charge < -0.3 is 0 Å². The van der Waals surface area contributed by atoms with Crippen LogP contribution >= 0.6 is 0 Å². The maximum atomic E-state index is 2.47. The minimum absolute atomic E-state index is 0.868. The van der Waals surface area contributed by atoms with Crippen LogP contribution in [0.25, 0.3) is 0 Å². The van der Waals surface area contributed by atoms with E-state index < -0.39 is 0 Å². The van der Waals surface area contributed by atoms with Crippen molar-refractivity contribution in [3.8, 4) is 0 Å². The summed E-state index contributed by atoms with van der Waals surface area (Å²) in [7, 11) is 0. The molecule has 0 radical (unpaired) electrons. The topological polar surface area (TPSA) is 0 Å². The van der Waals surface area contributed by atoms with Gasteiger partial charge in [-0.3, -0.25) is 0 Å². The van der Waals surface area contributed by atoms with Crippen LogP contribution in [0.5, 0.6) is 0 Å². The molecule has 0 bridgehead atoms. The van der Waals surface area contributed by atoms with Crippen molar-refractivity contribution in [2.45, 2.75) is 53.9 Å². The van der Waals surface area contributed by atoms with Crippen LogP contribution in [-0.2, 0) is 0 Å². The van der Waals surface area contributed by atoms with Crippen LogP contribution in [0.2, 0.25) is 0 Å². The van der Waals surface area contributed by atoms with Crippen molar-refractivity contribution in [3.63, 3.8) is 0 Å². The van der Waals surface area contributed by atoms with Gasteiger partial charge in [0.2, 0.25) is 0 Å². The molecule has 1 aliphatic rings. The monoisotopic (exact) mass is 182 g/mol. The highest BCUT2D eigenvalue weighted by atomic mass is 14.4. The molecule has 0 aromatic carbocycles. The molecule has 0 saturated heterocycles. The number of rotatable bonds is 4. The molecule has 1 aliphatic carbocycles. The molecule has 0 heteroatoms. The second-order valence-electron chi connectivity index (χ2n) is 5.68. The van der Waals surface area contributed by atoms with Gasteiger partial charge in [0.25, 0.3) is 0 Å². The van der Waals surface area contributed by atoms with Crippen LogP contribution in [0.3, 0.4) is 0 Å². The van der Waals surface area contributed by atoms with Gasteiger partial charge in [0.1, 0.15) is 0 Å². The molecule has 0 nitrogen and oxygen atoms in total. The summed E-state index contributed by atoms with van der Waals surface area (Å²) in [5.41, 5.74) is 0. The molecule has 1 rings (SSSR count). The highest BCUT2D eigenvalue weighted by Gasteiger charge is 2.33. The van der Waals surface area contributed by atoms with E-state index in [0.717, 1.165) is 29.6 Å². The first kappa shape index (κ1) is 11.1. The molecular weight excluding hydrogens is 156 g/mol. The van der Waals surface area contributed by atoms with Gasteiger partial charge in [-0.2, -0.15) is 0 Å². The summed E-state index contributed by atoms with van der Waals surface area (Å²) in [6, 6.07) is 0. The van der Waals surface area contributed by atoms with Crippen molar-refractivity contribution in [2.24, 2.45) is 29.6 Å². The number of hydrogen-bond acceptors (Lipinski definition) is 0. The lowest BCUT2D eigenvalue weighted by Gasteiger charge is -2.41. The summed E-state index contributed by atoms with van der Waals surface area (Å²) in [5, 5.41) is 0. The zero-order chi connectivity index (χ0) is 10.0. The summed E-state index contributed by atoms with van der Waals surface area (Å²) >= 11 is 0. The van der Waals surface area contributed by atoms with Crippen molar-refractivity contribution >= 4 is 0 Å². The lowest BCUT2D eigenvalue weighted by atomic mass is 9.64. The fourth-order valence-electron chi connectivity index (χ4n) is 2.85. The Morgan fingerprint density at radius 1 is 1.08 bits per heavy atom. The molecule has 4 unspecified atom stereocenters. The van der Waals surface area contributed by atoms with Crippen LogP contribution in [0.4, 0.5) is 0 Å². The van der Waals surface area contributed by atoms with Crippen molar-refractivity contribution < 1.29 is 0 Å². The third kappa shape index (κ3) is 2.72. The van der Waals surface area contributed by atoms with E-state index in [1.165, 1.54) is 19.3 Å². The first-order valence-corrected chi connectivity index (χ1v) is 6.02. The second-order valence-corrected chi connectivity index (χ2v) is 5.68. The Labute approximate surface area is 84.1 Å². The molecule has 0 aromatic heterocycles. The van der Waals surface area contributed by atoms with Crippen molar-refractivity contribution in [2.75, 3.05) is 0 Å². The summed E-state index contributed by atoms with van der Waals surface area (Å²) in [6.45, 7) is 12.0. The van der Waals surface area contributed by atoms with Crippen molar-refractivity contribution in [1.82, 2.24) is 0 Å². The lowest BCUT2D eigenvalue weighted by Crippen LogP contribution is -2.32. The predicted molar refractivity (Wildman–Crippen MR) is 59.7 cm³/mol. The standard InChI is InChI=1S/C13H26/c1-9(2)8-11(4)12(5)13-7-6-10(13)3/h9-13H,6-8H2,1-5H3. The maximum absolute atomic E-state index is 2.47. The van der Waals surface area contributed by atoms with Gasteiger partial charge in [-0.05, 0) is 42.4 Å². The SMILES string of the molecule is CC(C)CC(C)C(C)C1CCC1C. The molecule has 4 atom stereocenters. The molecule has 0 N–H and O–H groups in total. The Morgan fingerprint density at radius 2 is 1.69 bits per heavy atom. The van der Waals surface area contributed by atoms with Crippen molar-refractivity contribution in [3.05, 3.63) is 0 Å². The van der Waals surface area contributed by atoms with E-state index >= 15 is 0 Å². The quantitative estimate of drug-likeness (QED) is 0.606. The van der Waals surface area contributed by atoms with Gasteiger partial charge in [0.05, 0.1) is 0 Å². The zero-order valence-electron chi connectivity index (χ0n) is 10.0. The summed E-state index contributed by atoms with van der Waals surface area (Å²) in [4.78, 5) is 0. The Balaban J connectivity index is 2.33. The molecule has 0 aliphatic heterocycles. The van der Waals surface area contributed by atoms with Crippen LogP contribution in [0, 0.1) is 29.6 Å². The Bertz CT molecular complexity index is 148. The maximum Gasteiger partial charge on any atom is -0.0360 e. The first-order chi connectivity index (χ1) is 6.02. The third-order valence-electron chi connectivity index (χ3n) is 4.10. The molecule has 0 spiro atoms. The van der Waals surface area contributed by atoms with Crippen molar-refractivity contribution in [1.29, 1.82) is 0 Å². The van der Waals surface area contributed by atoms with Gasteiger partial charge in [-0.15, -0.1) is 0 Å². The average Bonchev–Trinajstić information content (AvgIpc) is 2.00. The fourth-order valence-corrected chi connectivity index (χ4v) is 2.85.